The van der Waals surface area contributed by atoms with E-state index in [0.29, 0.717) is 19.8 Å². The summed E-state index contributed by atoms with van der Waals surface area (Å²) in [5.41, 5.74) is 7.07. The molecule has 0 fully saturated rings. The maximum Gasteiger partial charge on any atom is 0.123 e. The fraction of sp³-hybridized carbons (Fsp3) is 0.294. The van der Waals surface area contributed by atoms with Crippen molar-refractivity contribution in [1.82, 2.24) is 0 Å². The lowest BCUT2D eigenvalue weighted by atomic mass is 10.1. The van der Waals surface area contributed by atoms with Crippen molar-refractivity contribution in [2.75, 3.05) is 26.9 Å². The zero-order valence-electron chi connectivity index (χ0n) is 12.2. The van der Waals surface area contributed by atoms with Crippen LogP contribution in [-0.4, -0.2) is 26.9 Å². The number of ether oxygens (including phenoxy) is 3. The summed E-state index contributed by atoms with van der Waals surface area (Å²) in [6, 6.07) is 17.2. The number of hydrogen-bond donors (Lipinski definition) is 1. The first-order chi connectivity index (χ1) is 10.3. The van der Waals surface area contributed by atoms with Crippen LogP contribution in [0.2, 0.25) is 0 Å². The molecule has 0 saturated heterocycles. The average molecular weight is 287 g/mol. The quantitative estimate of drug-likeness (QED) is 0.759. The molecule has 112 valence electrons. The molecule has 0 heterocycles. The Kier molecular flexibility index (Phi) is 6.06. The van der Waals surface area contributed by atoms with Crippen molar-refractivity contribution in [3.63, 3.8) is 0 Å². The molecule has 4 heteroatoms. The number of nitrogens with two attached hydrogens (primary N) is 1. The van der Waals surface area contributed by atoms with E-state index in [2.05, 4.69) is 0 Å². The molecule has 2 aromatic carbocycles. The molecule has 0 aliphatic rings. The first-order valence-corrected chi connectivity index (χ1v) is 6.95. The van der Waals surface area contributed by atoms with Gasteiger partial charge in [0, 0.05) is 5.56 Å². The number of methoxy groups -OCH3 is 1. The highest BCUT2D eigenvalue weighted by molar-refractivity contribution is 5.35. The molecule has 0 aliphatic heterocycles. The van der Waals surface area contributed by atoms with Gasteiger partial charge in [0.05, 0.1) is 26.4 Å². The molecule has 0 aromatic heterocycles. The van der Waals surface area contributed by atoms with Gasteiger partial charge in [0.25, 0.3) is 0 Å². The van der Waals surface area contributed by atoms with Crippen molar-refractivity contribution in [3.05, 3.63) is 60.2 Å². The molecular weight excluding hydrogens is 266 g/mol. The minimum absolute atomic E-state index is 0.210. The molecule has 2 aromatic rings. The third-order valence-electron chi connectivity index (χ3n) is 3.08. The second-order valence-electron chi connectivity index (χ2n) is 4.58. The summed E-state index contributed by atoms with van der Waals surface area (Å²) >= 11 is 0. The molecule has 21 heavy (non-hydrogen) atoms. The highest BCUT2D eigenvalue weighted by atomic mass is 16.5. The Balaban J connectivity index is 1.71. The van der Waals surface area contributed by atoms with E-state index in [-0.39, 0.29) is 6.04 Å². The van der Waals surface area contributed by atoms with E-state index in [1.807, 2.05) is 54.6 Å². The molecule has 1 atom stereocenters. The van der Waals surface area contributed by atoms with E-state index in [4.69, 9.17) is 19.9 Å². The summed E-state index contributed by atoms with van der Waals surface area (Å²) in [5, 5.41) is 0. The molecule has 4 nitrogen and oxygen atoms in total. The topological polar surface area (TPSA) is 53.7 Å². The van der Waals surface area contributed by atoms with Gasteiger partial charge in [0.1, 0.15) is 18.1 Å². The first kappa shape index (κ1) is 15.4. The maximum atomic E-state index is 6.12. The van der Waals surface area contributed by atoms with Gasteiger partial charge in [-0.2, -0.15) is 0 Å². The monoisotopic (exact) mass is 287 g/mol. The maximum absolute atomic E-state index is 6.12. The molecule has 0 aliphatic carbocycles. The smallest absolute Gasteiger partial charge is 0.123 e. The van der Waals surface area contributed by atoms with Crippen molar-refractivity contribution in [3.8, 4) is 11.5 Å². The molecule has 0 spiro atoms. The van der Waals surface area contributed by atoms with Crippen molar-refractivity contribution >= 4 is 0 Å². The third-order valence-corrected chi connectivity index (χ3v) is 3.08. The van der Waals surface area contributed by atoms with Crippen LogP contribution in [0.1, 0.15) is 11.6 Å². The standard InChI is InChI=1S/C17H21NO3/c1-19-17-10-6-5-9-15(17)16(18)13-20-11-12-21-14-7-3-2-4-8-14/h2-10,16H,11-13,18H2,1H3. The predicted molar refractivity (Wildman–Crippen MR) is 82.7 cm³/mol. The van der Waals surface area contributed by atoms with Crippen molar-refractivity contribution in [2.45, 2.75) is 6.04 Å². The van der Waals surface area contributed by atoms with E-state index >= 15 is 0 Å². The second kappa shape index (κ2) is 8.29. The van der Waals surface area contributed by atoms with Gasteiger partial charge in [-0.25, -0.2) is 0 Å². The van der Waals surface area contributed by atoms with Gasteiger partial charge < -0.3 is 19.9 Å². The fourth-order valence-corrected chi connectivity index (χ4v) is 2.01. The van der Waals surface area contributed by atoms with E-state index in [1.165, 1.54) is 0 Å². The predicted octanol–water partition coefficient (Wildman–Crippen LogP) is 2.79. The van der Waals surface area contributed by atoms with Crippen LogP contribution >= 0.6 is 0 Å². The highest BCUT2D eigenvalue weighted by Gasteiger charge is 2.11. The molecule has 2 rings (SSSR count). The molecule has 0 saturated carbocycles. The second-order valence-corrected chi connectivity index (χ2v) is 4.58. The minimum Gasteiger partial charge on any atom is -0.496 e. The first-order valence-electron chi connectivity index (χ1n) is 6.95. The number of benzene rings is 2. The van der Waals surface area contributed by atoms with Gasteiger partial charge in [-0.3, -0.25) is 0 Å². The van der Waals surface area contributed by atoms with E-state index in [9.17, 15) is 0 Å². The summed E-state index contributed by atoms with van der Waals surface area (Å²) < 4.78 is 16.4. The lowest BCUT2D eigenvalue weighted by Crippen LogP contribution is -2.19. The van der Waals surface area contributed by atoms with Crippen LogP contribution in [-0.2, 0) is 4.74 Å². The van der Waals surface area contributed by atoms with Crippen LogP contribution < -0.4 is 15.2 Å². The Bertz CT molecular complexity index is 531. The van der Waals surface area contributed by atoms with E-state index in [0.717, 1.165) is 17.1 Å². The Morgan fingerprint density at radius 2 is 1.67 bits per heavy atom. The average Bonchev–Trinajstić information content (AvgIpc) is 2.55. The van der Waals surface area contributed by atoms with E-state index < -0.39 is 0 Å². The third kappa shape index (κ3) is 4.77. The van der Waals surface area contributed by atoms with Gasteiger partial charge in [0.2, 0.25) is 0 Å². The van der Waals surface area contributed by atoms with Gasteiger partial charge in [0.15, 0.2) is 0 Å². The summed E-state index contributed by atoms with van der Waals surface area (Å²) in [4.78, 5) is 0. The lowest BCUT2D eigenvalue weighted by molar-refractivity contribution is 0.0899. The van der Waals surface area contributed by atoms with Crippen LogP contribution in [0.25, 0.3) is 0 Å². The van der Waals surface area contributed by atoms with Crippen LogP contribution in [0.15, 0.2) is 54.6 Å². The largest absolute Gasteiger partial charge is 0.496 e. The van der Waals surface area contributed by atoms with Gasteiger partial charge in [-0.05, 0) is 18.2 Å². The van der Waals surface area contributed by atoms with Crippen LogP contribution in [0.5, 0.6) is 11.5 Å². The Morgan fingerprint density at radius 1 is 0.952 bits per heavy atom. The van der Waals surface area contributed by atoms with Crippen LogP contribution in [0, 0.1) is 0 Å². The van der Waals surface area contributed by atoms with Crippen molar-refractivity contribution < 1.29 is 14.2 Å². The number of rotatable bonds is 8. The summed E-state index contributed by atoms with van der Waals surface area (Å²) in [6.45, 7) is 1.43. The molecule has 0 bridgehead atoms. The molecule has 0 radical (unpaired) electrons. The number of hydrogen-bond acceptors (Lipinski definition) is 4. The Labute approximate surface area is 125 Å². The molecule has 2 N–H and O–H groups in total. The Morgan fingerprint density at radius 3 is 2.43 bits per heavy atom. The van der Waals surface area contributed by atoms with Crippen molar-refractivity contribution in [2.24, 2.45) is 5.73 Å². The summed E-state index contributed by atoms with van der Waals surface area (Å²) in [5.74, 6) is 1.63. The molecule has 0 amide bonds. The lowest BCUT2D eigenvalue weighted by Gasteiger charge is -2.16. The Hall–Kier alpha value is -2.04. The fourth-order valence-electron chi connectivity index (χ4n) is 2.01. The van der Waals surface area contributed by atoms with Crippen molar-refractivity contribution in [1.29, 1.82) is 0 Å². The molecular formula is C17H21NO3. The van der Waals surface area contributed by atoms with Gasteiger partial charge in [-0.15, -0.1) is 0 Å². The normalized spacial score (nSPS) is 11.9. The van der Waals surface area contributed by atoms with Gasteiger partial charge in [-0.1, -0.05) is 36.4 Å². The van der Waals surface area contributed by atoms with Gasteiger partial charge >= 0.3 is 0 Å². The minimum atomic E-state index is -0.210. The number of para-hydroxylation sites is 2. The summed E-state index contributed by atoms with van der Waals surface area (Å²) in [6.07, 6.45) is 0. The zero-order valence-corrected chi connectivity index (χ0v) is 12.2. The van der Waals surface area contributed by atoms with E-state index in [1.54, 1.807) is 7.11 Å². The molecule has 1 unspecified atom stereocenters. The zero-order chi connectivity index (χ0) is 14.9. The SMILES string of the molecule is COc1ccccc1C(N)COCCOc1ccccc1. The summed E-state index contributed by atoms with van der Waals surface area (Å²) in [7, 11) is 1.64. The van der Waals surface area contributed by atoms with Crippen LogP contribution in [0.3, 0.4) is 0 Å². The van der Waals surface area contributed by atoms with Crippen LogP contribution in [0.4, 0.5) is 0 Å². The highest BCUT2D eigenvalue weighted by Crippen LogP contribution is 2.23.